The molecule has 0 atom stereocenters. The topological polar surface area (TPSA) is 91.4 Å². The lowest BCUT2D eigenvalue weighted by molar-refractivity contribution is -0.142. The molecular weight excluding hydrogens is 408 g/mol. The van der Waals surface area contributed by atoms with Gasteiger partial charge >= 0.3 is 0 Å². The highest BCUT2D eigenvalue weighted by Crippen LogP contribution is 2.34. The molecule has 0 saturated carbocycles. The highest BCUT2D eigenvalue weighted by molar-refractivity contribution is 7.80. The zero-order valence-electron chi connectivity index (χ0n) is 15.2. The van der Waals surface area contributed by atoms with Gasteiger partial charge in [-0.3, -0.25) is 19.3 Å². The first-order chi connectivity index (χ1) is 14.0. The van der Waals surface area contributed by atoms with Crippen molar-refractivity contribution < 1.29 is 14.4 Å². The number of para-hydroxylation sites is 2. The van der Waals surface area contributed by atoms with Crippen molar-refractivity contribution in [2.24, 2.45) is 0 Å². The Kier molecular flexibility index (Phi) is 5.32. The van der Waals surface area contributed by atoms with Crippen LogP contribution in [0.1, 0.15) is 12.8 Å². The SMILES string of the molecule is O=C(CN1C(=O)CCC1=O)NC(=S)Nc1ccccc1-c1nc2ccccc2s1. The van der Waals surface area contributed by atoms with Crippen molar-refractivity contribution in [1.29, 1.82) is 0 Å². The Morgan fingerprint density at radius 1 is 1.07 bits per heavy atom. The summed E-state index contributed by atoms with van der Waals surface area (Å²) in [5.41, 5.74) is 2.47. The van der Waals surface area contributed by atoms with Gasteiger partial charge in [-0.1, -0.05) is 24.3 Å². The Labute approximate surface area is 175 Å². The summed E-state index contributed by atoms with van der Waals surface area (Å²) < 4.78 is 1.08. The molecule has 0 bridgehead atoms. The number of hydrogen-bond acceptors (Lipinski definition) is 6. The number of carbonyl (C=O) groups excluding carboxylic acids is 3. The van der Waals surface area contributed by atoms with Gasteiger partial charge in [0.1, 0.15) is 11.6 Å². The highest BCUT2D eigenvalue weighted by Gasteiger charge is 2.30. The van der Waals surface area contributed by atoms with Crippen molar-refractivity contribution in [2.75, 3.05) is 11.9 Å². The molecular formula is C20H16N4O3S2. The van der Waals surface area contributed by atoms with Gasteiger partial charge in [0.15, 0.2) is 5.11 Å². The lowest BCUT2D eigenvalue weighted by Gasteiger charge is -2.15. The third-order valence-electron chi connectivity index (χ3n) is 4.41. The highest BCUT2D eigenvalue weighted by atomic mass is 32.1. The molecule has 1 aromatic heterocycles. The van der Waals surface area contributed by atoms with E-state index >= 15 is 0 Å². The number of carbonyl (C=O) groups is 3. The minimum absolute atomic E-state index is 0.0858. The van der Waals surface area contributed by atoms with Crippen LogP contribution in [0.2, 0.25) is 0 Å². The van der Waals surface area contributed by atoms with Gasteiger partial charge in [0, 0.05) is 18.4 Å². The predicted octanol–water partition coefficient (Wildman–Crippen LogP) is 2.93. The molecule has 146 valence electrons. The second kappa shape index (κ2) is 8.06. The van der Waals surface area contributed by atoms with E-state index in [0.717, 1.165) is 25.7 Å². The van der Waals surface area contributed by atoms with E-state index in [-0.39, 0.29) is 36.3 Å². The van der Waals surface area contributed by atoms with Gasteiger partial charge in [0.2, 0.25) is 17.7 Å². The zero-order valence-corrected chi connectivity index (χ0v) is 16.8. The molecule has 2 aromatic carbocycles. The fourth-order valence-electron chi connectivity index (χ4n) is 3.03. The third-order valence-corrected chi connectivity index (χ3v) is 5.68. The number of nitrogens with one attached hydrogen (secondary N) is 2. The molecule has 3 aromatic rings. The molecule has 3 amide bonds. The quantitative estimate of drug-likeness (QED) is 0.494. The second-order valence-corrected chi connectivity index (χ2v) is 7.85. The van der Waals surface area contributed by atoms with Crippen molar-refractivity contribution in [3.05, 3.63) is 48.5 Å². The summed E-state index contributed by atoms with van der Waals surface area (Å²) >= 11 is 6.80. The average molecular weight is 425 g/mol. The average Bonchev–Trinajstić information content (AvgIpc) is 3.26. The Morgan fingerprint density at radius 3 is 2.52 bits per heavy atom. The summed E-state index contributed by atoms with van der Waals surface area (Å²) in [5, 5.41) is 6.45. The van der Waals surface area contributed by atoms with E-state index in [1.807, 2.05) is 48.5 Å². The van der Waals surface area contributed by atoms with E-state index in [2.05, 4.69) is 15.6 Å². The number of hydrogen-bond donors (Lipinski definition) is 2. The van der Waals surface area contributed by atoms with Crippen molar-refractivity contribution in [1.82, 2.24) is 15.2 Å². The summed E-state index contributed by atoms with van der Waals surface area (Å²) in [7, 11) is 0. The van der Waals surface area contributed by atoms with Gasteiger partial charge in [0.05, 0.1) is 15.9 Å². The molecule has 1 aliphatic rings. The van der Waals surface area contributed by atoms with Crippen LogP contribution in [-0.2, 0) is 14.4 Å². The van der Waals surface area contributed by atoms with Crippen LogP contribution in [-0.4, -0.2) is 39.3 Å². The summed E-state index contributed by atoms with van der Waals surface area (Å²) in [5.74, 6) is -1.21. The number of benzene rings is 2. The van der Waals surface area contributed by atoms with Crippen molar-refractivity contribution in [2.45, 2.75) is 12.8 Å². The first-order valence-electron chi connectivity index (χ1n) is 8.90. The van der Waals surface area contributed by atoms with E-state index in [1.165, 1.54) is 0 Å². The maximum Gasteiger partial charge on any atom is 0.246 e. The maximum atomic E-state index is 12.2. The Hall–Kier alpha value is -3.17. The first-order valence-corrected chi connectivity index (χ1v) is 10.1. The van der Waals surface area contributed by atoms with Gasteiger partial charge in [-0.25, -0.2) is 4.98 Å². The smallest absolute Gasteiger partial charge is 0.246 e. The Bertz CT molecular complexity index is 1090. The fraction of sp³-hybridized carbons (Fsp3) is 0.150. The number of amides is 3. The number of imide groups is 1. The van der Waals surface area contributed by atoms with Crippen molar-refractivity contribution in [3.8, 4) is 10.6 Å². The molecule has 7 nitrogen and oxygen atoms in total. The largest absolute Gasteiger partial charge is 0.332 e. The number of fused-ring (bicyclic) bond motifs is 1. The molecule has 2 N–H and O–H groups in total. The second-order valence-electron chi connectivity index (χ2n) is 6.41. The van der Waals surface area contributed by atoms with Crippen LogP contribution >= 0.6 is 23.6 Å². The summed E-state index contributed by atoms with van der Waals surface area (Å²) in [6.45, 7) is -0.334. The standard InChI is InChI=1S/C20H16N4O3S2/c25-16(11-24-17(26)9-10-18(24)27)23-20(28)22-13-6-2-1-5-12(13)19-21-14-7-3-4-8-15(14)29-19/h1-8H,9-11H2,(H2,22,23,25,28). The third kappa shape index (κ3) is 4.15. The number of rotatable bonds is 4. The lowest BCUT2D eigenvalue weighted by Crippen LogP contribution is -2.43. The van der Waals surface area contributed by atoms with E-state index in [0.29, 0.717) is 5.69 Å². The van der Waals surface area contributed by atoms with Gasteiger partial charge in [-0.15, -0.1) is 11.3 Å². The van der Waals surface area contributed by atoms with Crippen LogP contribution in [0.5, 0.6) is 0 Å². The molecule has 0 unspecified atom stereocenters. The first kappa shape index (κ1) is 19.2. The van der Waals surface area contributed by atoms with E-state index in [9.17, 15) is 14.4 Å². The van der Waals surface area contributed by atoms with E-state index in [1.54, 1.807) is 11.3 Å². The Morgan fingerprint density at radius 2 is 1.76 bits per heavy atom. The van der Waals surface area contributed by atoms with E-state index in [4.69, 9.17) is 12.2 Å². The molecule has 0 radical (unpaired) electrons. The van der Waals surface area contributed by atoms with Crippen LogP contribution < -0.4 is 10.6 Å². The van der Waals surface area contributed by atoms with Gasteiger partial charge < -0.3 is 10.6 Å². The van der Waals surface area contributed by atoms with Crippen LogP contribution in [0.25, 0.3) is 20.8 Å². The number of likely N-dealkylation sites (tertiary alicyclic amines) is 1. The number of anilines is 1. The number of thiocarbonyl (C=S) groups is 1. The molecule has 1 fully saturated rings. The van der Waals surface area contributed by atoms with Crippen LogP contribution in [0, 0.1) is 0 Å². The van der Waals surface area contributed by atoms with Crippen LogP contribution in [0.4, 0.5) is 5.69 Å². The number of thiazole rings is 1. The summed E-state index contributed by atoms with van der Waals surface area (Å²) in [6, 6.07) is 15.4. The normalized spacial score (nSPS) is 13.7. The predicted molar refractivity (Wildman–Crippen MR) is 115 cm³/mol. The molecule has 1 saturated heterocycles. The van der Waals surface area contributed by atoms with Crippen LogP contribution in [0.3, 0.4) is 0 Å². The van der Waals surface area contributed by atoms with Gasteiger partial charge in [-0.2, -0.15) is 0 Å². The molecule has 9 heteroatoms. The summed E-state index contributed by atoms with van der Waals surface area (Å²) in [6.07, 6.45) is 0.286. The lowest BCUT2D eigenvalue weighted by atomic mass is 10.2. The van der Waals surface area contributed by atoms with Crippen molar-refractivity contribution >= 4 is 62.3 Å². The maximum absolute atomic E-state index is 12.2. The van der Waals surface area contributed by atoms with Crippen LogP contribution in [0.15, 0.2) is 48.5 Å². The van der Waals surface area contributed by atoms with Gasteiger partial charge in [0.25, 0.3) is 0 Å². The molecule has 29 heavy (non-hydrogen) atoms. The molecule has 0 aliphatic carbocycles. The van der Waals surface area contributed by atoms with Gasteiger partial charge in [-0.05, 0) is 36.5 Å². The van der Waals surface area contributed by atoms with Crippen molar-refractivity contribution in [3.63, 3.8) is 0 Å². The number of aromatic nitrogens is 1. The zero-order chi connectivity index (χ0) is 20.4. The minimum atomic E-state index is -0.524. The summed E-state index contributed by atoms with van der Waals surface area (Å²) in [4.78, 5) is 41.1. The molecule has 4 rings (SSSR count). The molecule has 2 heterocycles. The number of nitrogens with zero attached hydrogens (tertiary/aromatic N) is 2. The molecule has 1 aliphatic heterocycles. The molecule has 0 spiro atoms. The van der Waals surface area contributed by atoms with E-state index < -0.39 is 5.91 Å². The fourth-order valence-corrected chi connectivity index (χ4v) is 4.26. The Balaban J connectivity index is 1.47. The monoisotopic (exact) mass is 424 g/mol. The minimum Gasteiger partial charge on any atom is -0.332 e.